The predicted molar refractivity (Wildman–Crippen MR) is 72.9 cm³/mol. The molecule has 5 nitrogen and oxygen atoms in total. The van der Waals surface area contributed by atoms with Gasteiger partial charge in [0.2, 0.25) is 0 Å². The Bertz CT molecular complexity index is 617. The third-order valence-corrected chi connectivity index (χ3v) is 2.72. The lowest BCUT2D eigenvalue weighted by atomic mass is 10.2. The third-order valence-electron chi connectivity index (χ3n) is 2.72. The molecule has 1 N–H and O–H groups in total. The van der Waals surface area contributed by atoms with Crippen LogP contribution in [0.3, 0.4) is 0 Å². The average molecular weight is 251 g/mol. The quantitative estimate of drug-likeness (QED) is 0.773. The topological polar surface area (TPSA) is 55.6 Å². The van der Waals surface area contributed by atoms with Gasteiger partial charge >= 0.3 is 0 Å². The van der Waals surface area contributed by atoms with Crippen molar-refractivity contribution in [3.05, 3.63) is 66.7 Å². The highest BCUT2D eigenvalue weighted by Gasteiger charge is 1.98. The first kappa shape index (κ1) is 11.4. The summed E-state index contributed by atoms with van der Waals surface area (Å²) >= 11 is 0. The van der Waals surface area contributed by atoms with Gasteiger partial charge in [-0.05, 0) is 36.4 Å². The van der Waals surface area contributed by atoms with Crippen molar-refractivity contribution in [1.82, 2.24) is 20.0 Å². The van der Waals surface area contributed by atoms with E-state index in [-0.39, 0.29) is 0 Å². The first-order valence-electron chi connectivity index (χ1n) is 6.02. The number of hydrogen-bond donors (Lipinski definition) is 1. The zero-order chi connectivity index (χ0) is 12.9. The molecule has 2 aromatic heterocycles. The molecule has 2 heterocycles. The van der Waals surface area contributed by atoms with Crippen LogP contribution in [0.15, 0.2) is 61.1 Å². The maximum absolute atomic E-state index is 4.27. The fourth-order valence-electron chi connectivity index (χ4n) is 1.76. The number of benzene rings is 1. The highest BCUT2D eigenvalue weighted by molar-refractivity contribution is 5.48. The lowest BCUT2D eigenvalue weighted by Crippen LogP contribution is -2.02. The maximum Gasteiger partial charge on any atom is 0.0858 e. The molecular weight excluding hydrogens is 238 g/mol. The predicted octanol–water partition coefficient (Wildman–Crippen LogP) is 2.27. The Labute approximate surface area is 110 Å². The van der Waals surface area contributed by atoms with E-state index in [2.05, 4.69) is 20.5 Å². The molecule has 3 rings (SSSR count). The lowest BCUT2D eigenvalue weighted by Gasteiger charge is -2.06. The van der Waals surface area contributed by atoms with Gasteiger partial charge in [-0.15, -0.1) is 0 Å². The summed E-state index contributed by atoms with van der Waals surface area (Å²) in [6.07, 6.45) is 5.12. The number of aromatic nitrogens is 4. The first-order chi connectivity index (χ1) is 9.42. The van der Waals surface area contributed by atoms with Crippen LogP contribution in [0.25, 0.3) is 5.69 Å². The van der Waals surface area contributed by atoms with Gasteiger partial charge in [0.15, 0.2) is 0 Å². The van der Waals surface area contributed by atoms with Crippen LogP contribution in [0.5, 0.6) is 0 Å². The fraction of sp³-hybridized carbons (Fsp3) is 0.0714. The molecule has 0 saturated heterocycles. The third kappa shape index (κ3) is 2.77. The van der Waals surface area contributed by atoms with Gasteiger partial charge in [0.05, 0.1) is 30.3 Å². The lowest BCUT2D eigenvalue weighted by molar-refractivity contribution is 0.752. The molecule has 0 fully saturated rings. The van der Waals surface area contributed by atoms with Crippen molar-refractivity contribution in [2.24, 2.45) is 0 Å². The molecular formula is C14H13N5. The Morgan fingerprint density at radius 2 is 1.68 bits per heavy atom. The molecule has 0 aliphatic heterocycles. The zero-order valence-corrected chi connectivity index (χ0v) is 10.3. The highest BCUT2D eigenvalue weighted by Crippen LogP contribution is 2.12. The second-order valence-corrected chi connectivity index (χ2v) is 4.04. The molecule has 0 saturated carbocycles. The van der Waals surface area contributed by atoms with Gasteiger partial charge in [0.1, 0.15) is 0 Å². The summed E-state index contributed by atoms with van der Waals surface area (Å²) in [4.78, 5) is 5.85. The highest BCUT2D eigenvalue weighted by atomic mass is 15.5. The summed E-state index contributed by atoms with van der Waals surface area (Å²) in [6, 6.07) is 13.8. The summed E-state index contributed by atoms with van der Waals surface area (Å²) in [5, 5.41) is 11.5. The summed E-state index contributed by atoms with van der Waals surface area (Å²) in [5.74, 6) is 0. The molecule has 3 aromatic rings. The van der Waals surface area contributed by atoms with E-state index in [1.54, 1.807) is 23.4 Å². The number of pyridine rings is 1. The zero-order valence-electron chi connectivity index (χ0n) is 10.3. The Balaban J connectivity index is 1.67. The van der Waals surface area contributed by atoms with Crippen LogP contribution in [0.4, 0.5) is 5.69 Å². The molecule has 0 aliphatic carbocycles. The van der Waals surface area contributed by atoms with Gasteiger partial charge in [-0.1, -0.05) is 6.07 Å². The molecule has 0 atom stereocenters. The van der Waals surface area contributed by atoms with E-state index in [1.807, 2.05) is 42.5 Å². The minimum absolute atomic E-state index is 0.709. The molecule has 0 radical (unpaired) electrons. The van der Waals surface area contributed by atoms with Crippen LogP contribution in [0, 0.1) is 0 Å². The standard InChI is InChI=1S/C14H13N5/c1-2-8-15-13(3-1)11-16-12-4-6-14(7-5-12)19-17-9-10-18-19/h1-10,16H,11H2. The Kier molecular flexibility index (Phi) is 3.18. The van der Waals surface area contributed by atoms with E-state index in [4.69, 9.17) is 0 Å². The molecule has 0 amide bonds. The van der Waals surface area contributed by atoms with E-state index < -0.39 is 0 Å². The summed E-state index contributed by atoms with van der Waals surface area (Å²) < 4.78 is 0. The Hall–Kier alpha value is -2.69. The summed E-state index contributed by atoms with van der Waals surface area (Å²) in [5.41, 5.74) is 3.00. The van der Waals surface area contributed by atoms with Crippen LogP contribution < -0.4 is 5.32 Å². The molecule has 0 unspecified atom stereocenters. The summed E-state index contributed by atoms with van der Waals surface area (Å²) in [7, 11) is 0. The van der Waals surface area contributed by atoms with E-state index in [1.165, 1.54) is 0 Å². The van der Waals surface area contributed by atoms with Crippen LogP contribution in [0.1, 0.15) is 5.69 Å². The van der Waals surface area contributed by atoms with Gasteiger partial charge in [-0.3, -0.25) is 4.98 Å². The Morgan fingerprint density at radius 3 is 2.37 bits per heavy atom. The second-order valence-electron chi connectivity index (χ2n) is 4.04. The molecule has 94 valence electrons. The van der Waals surface area contributed by atoms with E-state index in [0.717, 1.165) is 17.1 Å². The van der Waals surface area contributed by atoms with Gasteiger partial charge in [-0.2, -0.15) is 15.0 Å². The molecule has 0 bridgehead atoms. The SMILES string of the molecule is c1ccc(CNc2ccc(-n3nccn3)cc2)nc1. The molecule has 0 aliphatic rings. The van der Waals surface area contributed by atoms with Crippen molar-refractivity contribution in [2.45, 2.75) is 6.54 Å². The minimum atomic E-state index is 0.709. The van der Waals surface area contributed by atoms with Crippen LogP contribution in [0.2, 0.25) is 0 Å². The first-order valence-corrected chi connectivity index (χ1v) is 6.02. The molecule has 0 spiro atoms. The number of nitrogens with one attached hydrogen (secondary N) is 1. The number of anilines is 1. The smallest absolute Gasteiger partial charge is 0.0858 e. The van der Waals surface area contributed by atoms with Crippen molar-refractivity contribution in [3.63, 3.8) is 0 Å². The monoisotopic (exact) mass is 251 g/mol. The van der Waals surface area contributed by atoms with Crippen molar-refractivity contribution in [1.29, 1.82) is 0 Å². The molecule has 19 heavy (non-hydrogen) atoms. The van der Waals surface area contributed by atoms with Crippen LogP contribution in [-0.2, 0) is 6.54 Å². The number of hydrogen-bond acceptors (Lipinski definition) is 4. The molecule has 5 heteroatoms. The van der Waals surface area contributed by atoms with Crippen LogP contribution in [-0.4, -0.2) is 20.0 Å². The van der Waals surface area contributed by atoms with E-state index >= 15 is 0 Å². The summed E-state index contributed by atoms with van der Waals surface area (Å²) in [6.45, 7) is 0.709. The maximum atomic E-state index is 4.27. The minimum Gasteiger partial charge on any atom is -0.379 e. The van der Waals surface area contributed by atoms with E-state index in [0.29, 0.717) is 6.54 Å². The van der Waals surface area contributed by atoms with Crippen molar-refractivity contribution >= 4 is 5.69 Å². The van der Waals surface area contributed by atoms with Crippen LogP contribution >= 0.6 is 0 Å². The largest absolute Gasteiger partial charge is 0.379 e. The van der Waals surface area contributed by atoms with Gasteiger partial charge in [0.25, 0.3) is 0 Å². The normalized spacial score (nSPS) is 10.3. The average Bonchev–Trinajstić information content (AvgIpc) is 3.01. The second kappa shape index (κ2) is 5.30. The van der Waals surface area contributed by atoms with Gasteiger partial charge < -0.3 is 5.32 Å². The Morgan fingerprint density at radius 1 is 0.895 bits per heavy atom. The van der Waals surface area contributed by atoms with Crippen molar-refractivity contribution < 1.29 is 0 Å². The van der Waals surface area contributed by atoms with Gasteiger partial charge in [-0.25, -0.2) is 0 Å². The van der Waals surface area contributed by atoms with Gasteiger partial charge in [0, 0.05) is 11.9 Å². The fourth-order valence-corrected chi connectivity index (χ4v) is 1.76. The molecule has 1 aromatic carbocycles. The number of nitrogens with zero attached hydrogens (tertiary/aromatic N) is 4. The van der Waals surface area contributed by atoms with Crippen molar-refractivity contribution in [2.75, 3.05) is 5.32 Å². The van der Waals surface area contributed by atoms with Crippen molar-refractivity contribution in [3.8, 4) is 5.69 Å². The van der Waals surface area contributed by atoms with E-state index in [9.17, 15) is 0 Å². The number of rotatable bonds is 4.